The number of benzene rings is 1. The average Bonchev–Trinajstić information content (AvgIpc) is 3.39. The second-order valence-electron chi connectivity index (χ2n) is 8.13. The summed E-state index contributed by atoms with van der Waals surface area (Å²) in [6.45, 7) is 4.17. The molecule has 1 aliphatic heterocycles. The van der Waals surface area contributed by atoms with Crippen LogP contribution in [-0.4, -0.2) is 51.2 Å². The minimum absolute atomic E-state index is 0.194. The van der Waals surface area contributed by atoms with Crippen molar-refractivity contribution in [2.45, 2.75) is 30.6 Å². The van der Waals surface area contributed by atoms with E-state index in [1.807, 2.05) is 36.5 Å². The first-order chi connectivity index (χ1) is 13.9. The highest BCUT2D eigenvalue weighted by Gasteiger charge is 2.53. The topological polar surface area (TPSA) is 95.0 Å². The summed E-state index contributed by atoms with van der Waals surface area (Å²) in [7, 11) is -2.78. The summed E-state index contributed by atoms with van der Waals surface area (Å²) in [6, 6.07) is 10.2. The van der Waals surface area contributed by atoms with Gasteiger partial charge in [0.15, 0.2) is 5.82 Å². The largest absolute Gasteiger partial charge is 0.377 e. The van der Waals surface area contributed by atoms with Crippen LogP contribution in [-0.2, 0) is 19.2 Å². The molecule has 2 fully saturated rings. The number of ether oxygens (including phenoxy) is 1. The van der Waals surface area contributed by atoms with Crippen molar-refractivity contribution in [2.24, 2.45) is 0 Å². The first-order valence-electron chi connectivity index (χ1n) is 9.93. The van der Waals surface area contributed by atoms with E-state index >= 15 is 0 Å². The highest BCUT2D eigenvalue weighted by molar-refractivity contribution is 7.92. The Balaban J connectivity index is 1.72. The summed E-state index contributed by atoms with van der Waals surface area (Å²) in [4.78, 5) is 15.3. The summed E-state index contributed by atoms with van der Waals surface area (Å²) in [5, 5.41) is 1.05. The van der Waals surface area contributed by atoms with Crippen molar-refractivity contribution in [1.29, 1.82) is 4.78 Å². The fourth-order valence-corrected chi connectivity index (χ4v) is 5.63. The van der Waals surface area contributed by atoms with Crippen molar-refractivity contribution < 1.29 is 8.95 Å². The van der Waals surface area contributed by atoms with Crippen LogP contribution in [0.5, 0.6) is 0 Å². The molecule has 7 nitrogen and oxygen atoms in total. The first kappa shape index (κ1) is 18.6. The van der Waals surface area contributed by atoms with E-state index in [1.54, 1.807) is 0 Å². The van der Waals surface area contributed by atoms with E-state index in [1.165, 1.54) is 6.26 Å². The Labute approximate surface area is 170 Å². The first-order valence-corrected chi connectivity index (χ1v) is 11.9. The molecule has 3 aromatic rings. The van der Waals surface area contributed by atoms with Gasteiger partial charge in [-0.15, -0.1) is 0 Å². The molecule has 8 heteroatoms. The average molecular weight is 412 g/mol. The summed E-state index contributed by atoms with van der Waals surface area (Å²) in [6.07, 6.45) is 4.91. The Hall–Kier alpha value is -2.45. The molecule has 1 aromatic carbocycles. The van der Waals surface area contributed by atoms with Crippen molar-refractivity contribution in [3.8, 4) is 11.4 Å². The van der Waals surface area contributed by atoms with Gasteiger partial charge in [-0.1, -0.05) is 12.1 Å². The summed E-state index contributed by atoms with van der Waals surface area (Å²) >= 11 is 0. The monoisotopic (exact) mass is 411 g/mol. The molecule has 2 aromatic heterocycles. The lowest BCUT2D eigenvalue weighted by molar-refractivity contribution is 0.0985. The Kier molecular flexibility index (Phi) is 4.18. The van der Waals surface area contributed by atoms with Crippen LogP contribution >= 0.6 is 0 Å². The number of hydrogen-bond donors (Lipinski definition) is 2. The number of rotatable bonds is 4. The van der Waals surface area contributed by atoms with Crippen molar-refractivity contribution in [1.82, 2.24) is 15.0 Å². The third kappa shape index (κ3) is 3.02. The van der Waals surface area contributed by atoms with Gasteiger partial charge in [0.25, 0.3) is 0 Å². The maximum atomic E-state index is 12.8. The molecule has 29 heavy (non-hydrogen) atoms. The zero-order valence-electron chi connectivity index (χ0n) is 16.6. The van der Waals surface area contributed by atoms with Crippen molar-refractivity contribution in [3.05, 3.63) is 42.2 Å². The molecule has 3 heterocycles. The fourth-order valence-electron chi connectivity index (χ4n) is 4.24. The molecule has 0 unspecified atom stereocenters. The predicted molar refractivity (Wildman–Crippen MR) is 115 cm³/mol. The molecule has 5 rings (SSSR count). The zero-order valence-corrected chi connectivity index (χ0v) is 17.5. The number of aromatic amines is 1. The maximum absolute atomic E-state index is 12.8. The maximum Gasteiger partial charge on any atom is 0.162 e. The van der Waals surface area contributed by atoms with Gasteiger partial charge < -0.3 is 14.6 Å². The zero-order chi connectivity index (χ0) is 20.2. The number of H-pyrrole nitrogens is 1. The van der Waals surface area contributed by atoms with Crippen LogP contribution in [0, 0.1) is 4.78 Å². The molecule has 2 aliphatic rings. The normalized spacial score (nSPS) is 23.1. The number of aromatic nitrogens is 3. The van der Waals surface area contributed by atoms with Gasteiger partial charge >= 0.3 is 0 Å². The molecule has 152 valence electrons. The molecule has 2 atom stereocenters. The molecule has 1 aliphatic carbocycles. The van der Waals surface area contributed by atoms with Crippen LogP contribution in [0.1, 0.15) is 25.5 Å². The molecular weight excluding hydrogens is 386 g/mol. The van der Waals surface area contributed by atoms with Gasteiger partial charge in [0.2, 0.25) is 0 Å². The SMILES string of the molecule is C[C@@H]1COCCN1c1cc(C2([S@](C)(=N)=O)CC2)nc(-c2cccc3[nH]ccc23)n1. The molecule has 1 saturated carbocycles. The van der Waals surface area contributed by atoms with Gasteiger partial charge in [0.05, 0.1) is 39.4 Å². The minimum Gasteiger partial charge on any atom is -0.377 e. The molecule has 2 N–H and O–H groups in total. The van der Waals surface area contributed by atoms with Gasteiger partial charge in [-0.2, -0.15) is 0 Å². The number of morpholine rings is 1. The second kappa shape index (κ2) is 6.53. The van der Waals surface area contributed by atoms with Crippen LogP contribution in [0.2, 0.25) is 0 Å². The van der Waals surface area contributed by atoms with Gasteiger partial charge in [0, 0.05) is 41.5 Å². The lowest BCUT2D eigenvalue weighted by atomic mass is 10.1. The molecule has 0 bridgehead atoms. The smallest absolute Gasteiger partial charge is 0.162 e. The third-order valence-electron chi connectivity index (χ3n) is 6.13. The quantitative estimate of drug-likeness (QED) is 0.685. The number of hydrogen-bond acceptors (Lipinski definition) is 6. The van der Waals surface area contributed by atoms with Crippen molar-refractivity contribution in [2.75, 3.05) is 30.9 Å². The van der Waals surface area contributed by atoms with E-state index in [0.717, 1.165) is 47.4 Å². The van der Waals surface area contributed by atoms with Gasteiger partial charge in [-0.3, -0.25) is 4.78 Å². The van der Waals surface area contributed by atoms with Crippen LogP contribution in [0.4, 0.5) is 5.82 Å². The molecule has 1 saturated heterocycles. The van der Waals surface area contributed by atoms with E-state index in [0.29, 0.717) is 19.0 Å². The number of nitrogens with zero attached hydrogens (tertiary/aromatic N) is 3. The van der Waals surface area contributed by atoms with Gasteiger partial charge in [-0.05, 0) is 31.9 Å². The Morgan fingerprint density at radius 1 is 1.31 bits per heavy atom. The second-order valence-corrected chi connectivity index (χ2v) is 10.6. The van der Waals surface area contributed by atoms with E-state index in [4.69, 9.17) is 19.5 Å². The van der Waals surface area contributed by atoms with Gasteiger partial charge in [-0.25, -0.2) is 14.2 Å². The van der Waals surface area contributed by atoms with Crippen LogP contribution in [0.25, 0.3) is 22.3 Å². The van der Waals surface area contributed by atoms with E-state index in [2.05, 4.69) is 16.8 Å². The molecule has 0 radical (unpaired) electrons. The van der Waals surface area contributed by atoms with E-state index in [9.17, 15) is 4.21 Å². The Bertz CT molecular complexity index is 1180. The Morgan fingerprint density at radius 2 is 2.14 bits per heavy atom. The fraction of sp³-hybridized carbons (Fsp3) is 0.429. The minimum atomic E-state index is -2.78. The third-order valence-corrected chi connectivity index (χ3v) is 8.24. The van der Waals surface area contributed by atoms with Crippen molar-refractivity contribution >= 4 is 26.4 Å². The van der Waals surface area contributed by atoms with Crippen LogP contribution in [0.3, 0.4) is 0 Å². The van der Waals surface area contributed by atoms with E-state index < -0.39 is 14.5 Å². The Morgan fingerprint density at radius 3 is 2.86 bits per heavy atom. The van der Waals surface area contributed by atoms with Crippen molar-refractivity contribution in [3.63, 3.8) is 0 Å². The number of nitrogens with one attached hydrogen (secondary N) is 2. The predicted octanol–water partition coefficient (Wildman–Crippen LogP) is 3.52. The summed E-state index contributed by atoms with van der Waals surface area (Å²) < 4.78 is 26.0. The lowest BCUT2D eigenvalue weighted by Crippen LogP contribution is -2.44. The molecule has 0 spiro atoms. The van der Waals surface area contributed by atoms with Crippen LogP contribution < -0.4 is 4.90 Å². The summed E-state index contributed by atoms with van der Waals surface area (Å²) in [5.41, 5.74) is 2.70. The lowest BCUT2D eigenvalue weighted by Gasteiger charge is -2.35. The molecule has 0 amide bonds. The highest BCUT2D eigenvalue weighted by atomic mass is 32.2. The number of anilines is 1. The summed E-state index contributed by atoms with van der Waals surface area (Å²) in [5.74, 6) is 1.44. The van der Waals surface area contributed by atoms with Gasteiger partial charge in [0.1, 0.15) is 5.82 Å². The highest BCUT2D eigenvalue weighted by Crippen LogP contribution is 2.52. The van der Waals surface area contributed by atoms with E-state index in [-0.39, 0.29) is 6.04 Å². The van der Waals surface area contributed by atoms with Crippen LogP contribution in [0.15, 0.2) is 36.5 Å². The standard InChI is InChI=1S/C21H25N5O2S/c1-14-13-28-11-10-26(14)19-12-18(21(7-8-21)29(2,22)27)24-20(25-19)16-4-3-5-17-15(16)6-9-23-17/h3-6,9,12,14,22-23H,7-8,10-11,13H2,1-2H3/t14-,29-/m1/s1. The number of fused-ring (bicyclic) bond motifs is 1. The molecular formula is C21H25N5O2S.